The van der Waals surface area contributed by atoms with Gasteiger partial charge in [-0.05, 0) is 83.8 Å². The van der Waals surface area contributed by atoms with Crippen LogP contribution in [0.2, 0.25) is 0 Å². The fourth-order valence-electron chi connectivity index (χ4n) is 9.23. The Hall–Kier alpha value is -1.30. The summed E-state index contributed by atoms with van der Waals surface area (Å²) in [5.41, 5.74) is 0. The summed E-state index contributed by atoms with van der Waals surface area (Å²) >= 11 is 0. The van der Waals surface area contributed by atoms with Gasteiger partial charge in [0.25, 0.3) is 0 Å². The average Bonchev–Trinajstić information content (AvgIpc) is 3.38. The first-order valence-corrected chi connectivity index (χ1v) is 31.6. The molecule has 0 saturated carbocycles. The number of aliphatic hydroxyl groups excluding tert-OH is 1. The van der Waals surface area contributed by atoms with Gasteiger partial charge in [-0.25, -0.2) is 0 Å². The summed E-state index contributed by atoms with van der Waals surface area (Å²) in [5, 5.41) is 9.37. The zero-order valence-corrected chi connectivity index (χ0v) is 48.5. The first kappa shape index (κ1) is 70.7. The van der Waals surface area contributed by atoms with Crippen LogP contribution in [-0.2, 0) is 38.0 Å². The third kappa shape index (κ3) is 54.9. The van der Waals surface area contributed by atoms with Crippen molar-refractivity contribution in [1.82, 2.24) is 4.90 Å². The minimum Gasteiger partial charge on any atom is -0.466 e. The minimum absolute atomic E-state index is 0.133. The molecule has 10 nitrogen and oxygen atoms in total. The molecular formula is C62H123NO9. The number of carbonyl (C=O) groups excluding carboxylic acids is 2. The Morgan fingerprint density at radius 2 is 0.556 bits per heavy atom. The van der Waals surface area contributed by atoms with Gasteiger partial charge < -0.3 is 38.4 Å². The fourth-order valence-corrected chi connectivity index (χ4v) is 9.23. The highest BCUT2D eigenvalue weighted by atomic mass is 16.7. The maximum atomic E-state index is 12.6. The van der Waals surface area contributed by atoms with Gasteiger partial charge >= 0.3 is 11.9 Å². The Labute approximate surface area is 447 Å². The lowest BCUT2D eigenvalue weighted by Gasteiger charge is -2.22. The highest BCUT2D eigenvalue weighted by Crippen LogP contribution is 2.16. The number of ether oxygens (including phenoxy) is 6. The fraction of sp³-hybridized carbons (Fsp3) is 0.968. The zero-order valence-electron chi connectivity index (χ0n) is 48.5. The Morgan fingerprint density at radius 1 is 0.319 bits per heavy atom. The molecule has 0 fully saturated rings. The summed E-state index contributed by atoms with van der Waals surface area (Å²) in [5.74, 6) is -0.266. The van der Waals surface area contributed by atoms with Crippen molar-refractivity contribution in [2.75, 3.05) is 65.9 Å². The summed E-state index contributed by atoms with van der Waals surface area (Å²) in [6.45, 7) is 16.5. The lowest BCUT2D eigenvalue weighted by molar-refractivity contribution is -0.159. The molecule has 0 aromatic rings. The second-order valence-corrected chi connectivity index (χ2v) is 21.2. The van der Waals surface area contributed by atoms with Crippen LogP contribution in [0.15, 0.2) is 0 Å². The van der Waals surface area contributed by atoms with E-state index in [0.29, 0.717) is 65.3 Å². The SMILES string of the molecule is CCCCCCCCOC(CCC(=O)OCCCCCCCCCN(CCCCO)CCCCCCCCCOC(=O)CCC(OCCCCCCCC)OCCCCCCCC)OCCCCCCCC. The van der Waals surface area contributed by atoms with Crippen LogP contribution in [0, 0.1) is 0 Å². The number of nitrogens with zero attached hydrogens (tertiary/aromatic N) is 1. The smallest absolute Gasteiger partial charge is 0.305 e. The molecule has 10 heteroatoms. The number of unbranched alkanes of at least 4 members (excludes halogenated alkanes) is 33. The summed E-state index contributed by atoms with van der Waals surface area (Å²) < 4.78 is 35.6. The molecule has 0 amide bonds. The molecule has 0 unspecified atom stereocenters. The quantitative estimate of drug-likeness (QED) is 0.0359. The van der Waals surface area contributed by atoms with Crippen LogP contribution >= 0.6 is 0 Å². The topological polar surface area (TPSA) is 113 Å². The van der Waals surface area contributed by atoms with Crippen LogP contribution in [0.1, 0.15) is 310 Å². The van der Waals surface area contributed by atoms with Gasteiger partial charge in [0.05, 0.1) is 26.1 Å². The van der Waals surface area contributed by atoms with Crippen molar-refractivity contribution in [3.8, 4) is 0 Å². The first-order chi connectivity index (χ1) is 35.5. The van der Waals surface area contributed by atoms with Gasteiger partial charge in [-0.1, -0.05) is 220 Å². The minimum atomic E-state index is -0.314. The van der Waals surface area contributed by atoms with Gasteiger partial charge in [-0.2, -0.15) is 0 Å². The lowest BCUT2D eigenvalue weighted by Crippen LogP contribution is -2.27. The van der Waals surface area contributed by atoms with E-state index >= 15 is 0 Å². The molecule has 0 aliphatic carbocycles. The number of hydrogen-bond donors (Lipinski definition) is 1. The Bertz CT molecular complexity index is 954. The molecule has 0 spiro atoms. The molecule has 0 rings (SSSR count). The molecule has 430 valence electrons. The standard InChI is InChI=1S/C62H123NO9/c1-5-9-13-17-29-41-55-69-61(70-56-42-30-18-14-10-6-2)47-45-59(65)67-53-39-33-25-21-23-27-35-49-63(51-37-38-52-64)50-36-28-24-22-26-34-40-54-68-60(66)46-48-62(71-57-43-31-19-15-11-7-3)72-58-44-32-20-16-12-8-4/h61-62,64H,5-58H2,1-4H3. The number of rotatable bonds is 62. The van der Waals surface area contributed by atoms with E-state index < -0.39 is 0 Å². The lowest BCUT2D eigenvalue weighted by atomic mass is 10.1. The molecule has 0 atom stereocenters. The molecule has 0 saturated heterocycles. The Kier molecular flexibility index (Phi) is 59.5. The normalized spacial score (nSPS) is 11.8. The van der Waals surface area contributed by atoms with Crippen LogP contribution in [0.4, 0.5) is 0 Å². The summed E-state index contributed by atoms with van der Waals surface area (Å²) in [4.78, 5) is 27.8. The number of esters is 2. The average molecular weight is 1030 g/mol. The number of carbonyl (C=O) groups is 2. The second kappa shape index (κ2) is 60.6. The monoisotopic (exact) mass is 1030 g/mol. The van der Waals surface area contributed by atoms with Crippen molar-refractivity contribution in [1.29, 1.82) is 0 Å². The highest BCUT2D eigenvalue weighted by molar-refractivity contribution is 5.69. The van der Waals surface area contributed by atoms with E-state index in [1.165, 1.54) is 193 Å². The molecule has 0 bridgehead atoms. The van der Waals surface area contributed by atoms with Crippen LogP contribution < -0.4 is 0 Å². The summed E-state index contributed by atoms with van der Waals surface area (Å²) in [7, 11) is 0. The second-order valence-electron chi connectivity index (χ2n) is 21.2. The van der Waals surface area contributed by atoms with E-state index in [1.807, 2.05) is 0 Å². The van der Waals surface area contributed by atoms with Crippen molar-refractivity contribution in [3.63, 3.8) is 0 Å². The molecule has 0 aliphatic rings. The maximum Gasteiger partial charge on any atom is 0.305 e. The highest BCUT2D eigenvalue weighted by Gasteiger charge is 2.15. The Morgan fingerprint density at radius 3 is 0.833 bits per heavy atom. The van der Waals surface area contributed by atoms with Crippen LogP contribution in [0.3, 0.4) is 0 Å². The van der Waals surface area contributed by atoms with Crippen molar-refractivity contribution >= 4 is 11.9 Å². The van der Waals surface area contributed by atoms with Crippen molar-refractivity contribution in [3.05, 3.63) is 0 Å². The molecule has 1 N–H and O–H groups in total. The molecule has 72 heavy (non-hydrogen) atoms. The van der Waals surface area contributed by atoms with Crippen LogP contribution in [0.25, 0.3) is 0 Å². The van der Waals surface area contributed by atoms with Gasteiger partial charge in [-0.3, -0.25) is 9.59 Å². The maximum absolute atomic E-state index is 12.6. The molecule has 0 aliphatic heterocycles. The molecule has 0 heterocycles. The van der Waals surface area contributed by atoms with Crippen molar-refractivity contribution < 1.29 is 43.1 Å². The van der Waals surface area contributed by atoms with Crippen molar-refractivity contribution in [2.45, 2.75) is 323 Å². The zero-order chi connectivity index (χ0) is 52.3. The summed E-state index contributed by atoms with van der Waals surface area (Å²) in [6, 6.07) is 0. The van der Waals surface area contributed by atoms with E-state index in [-0.39, 0.29) is 31.1 Å². The van der Waals surface area contributed by atoms with Gasteiger partial charge in [0.1, 0.15) is 0 Å². The van der Waals surface area contributed by atoms with E-state index in [0.717, 1.165) is 83.8 Å². The van der Waals surface area contributed by atoms with Gasteiger partial charge in [-0.15, -0.1) is 0 Å². The number of aliphatic hydroxyl groups is 1. The molecule has 0 radical (unpaired) electrons. The summed E-state index contributed by atoms with van der Waals surface area (Å²) in [6.07, 6.45) is 49.1. The predicted octanol–water partition coefficient (Wildman–Crippen LogP) is 17.3. The van der Waals surface area contributed by atoms with E-state index in [4.69, 9.17) is 28.4 Å². The first-order valence-electron chi connectivity index (χ1n) is 31.6. The van der Waals surface area contributed by atoms with E-state index in [2.05, 4.69) is 32.6 Å². The Balaban J connectivity index is 4.15. The predicted molar refractivity (Wildman–Crippen MR) is 303 cm³/mol. The molecule has 0 aromatic heterocycles. The molecular weight excluding hydrogens is 903 g/mol. The van der Waals surface area contributed by atoms with E-state index in [1.54, 1.807) is 0 Å². The van der Waals surface area contributed by atoms with Crippen LogP contribution in [-0.4, -0.2) is 100 Å². The van der Waals surface area contributed by atoms with Gasteiger partial charge in [0.15, 0.2) is 12.6 Å². The third-order valence-corrected chi connectivity index (χ3v) is 14.0. The number of hydrogen-bond acceptors (Lipinski definition) is 10. The molecule has 0 aromatic carbocycles. The van der Waals surface area contributed by atoms with Crippen LogP contribution in [0.5, 0.6) is 0 Å². The third-order valence-electron chi connectivity index (χ3n) is 14.0. The van der Waals surface area contributed by atoms with Gasteiger partial charge in [0, 0.05) is 45.9 Å². The van der Waals surface area contributed by atoms with Crippen molar-refractivity contribution in [2.24, 2.45) is 0 Å². The van der Waals surface area contributed by atoms with E-state index in [9.17, 15) is 14.7 Å². The van der Waals surface area contributed by atoms with Gasteiger partial charge in [0.2, 0.25) is 0 Å². The largest absolute Gasteiger partial charge is 0.466 e.